The van der Waals surface area contributed by atoms with E-state index in [1.807, 2.05) is 7.05 Å². The highest BCUT2D eigenvalue weighted by Crippen LogP contribution is 2.33. The van der Waals surface area contributed by atoms with Crippen LogP contribution in [-0.4, -0.2) is 17.2 Å². The fourth-order valence-corrected chi connectivity index (χ4v) is 3.00. The molecule has 0 amide bonds. The zero-order valence-corrected chi connectivity index (χ0v) is 11.6. The molecule has 18 heavy (non-hydrogen) atoms. The lowest BCUT2D eigenvalue weighted by Crippen LogP contribution is -2.14. The molecular weight excluding hydrogens is 273 g/mol. The van der Waals surface area contributed by atoms with E-state index in [-0.39, 0.29) is 11.1 Å². The lowest BCUT2D eigenvalue weighted by molar-refractivity contribution is 0.568. The summed E-state index contributed by atoms with van der Waals surface area (Å²) in [7, 11) is 1.88. The lowest BCUT2D eigenvalue weighted by Gasteiger charge is -2.08. The Bertz CT molecular complexity index is 540. The Hall–Kier alpha value is -1.04. The number of rotatable bonds is 4. The Morgan fingerprint density at radius 3 is 2.89 bits per heavy atom. The van der Waals surface area contributed by atoms with Gasteiger partial charge in [0.15, 0.2) is 0 Å². The first-order valence-electron chi connectivity index (χ1n) is 5.62. The average molecular weight is 286 g/mol. The molecule has 2 aromatic rings. The number of aromatic nitrogens is 2. The minimum absolute atomic E-state index is 0.0951. The standard InChI is InChI=1S/C12H13ClFN3S/c1-3-9(15-2)12-17-16-11(18-12)7-5-4-6-8(14)10(7)13/h4-6,9,15H,3H2,1-2H3. The molecule has 0 bridgehead atoms. The van der Waals surface area contributed by atoms with E-state index in [1.54, 1.807) is 12.1 Å². The number of hydrogen-bond acceptors (Lipinski definition) is 4. The average Bonchev–Trinajstić information content (AvgIpc) is 2.84. The van der Waals surface area contributed by atoms with Gasteiger partial charge in [0.25, 0.3) is 0 Å². The highest BCUT2D eigenvalue weighted by molar-refractivity contribution is 7.14. The molecule has 0 fully saturated rings. The van der Waals surface area contributed by atoms with Crippen molar-refractivity contribution < 1.29 is 4.39 Å². The van der Waals surface area contributed by atoms with Crippen molar-refractivity contribution in [2.24, 2.45) is 0 Å². The van der Waals surface area contributed by atoms with Crippen molar-refractivity contribution in [3.05, 3.63) is 34.0 Å². The van der Waals surface area contributed by atoms with E-state index in [0.717, 1.165) is 11.4 Å². The predicted octanol–water partition coefficient (Wildman–Crippen LogP) is 3.67. The first-order chi connectivity index (χ1) is 8.67. The summed E-state index contributed by atoms with van der Waals surface area (Å²) >= 11 is 7.36. The van der Waals surface area contributed by atoms with Crippen LogP contribution in [0.25, 0.3) is 10.6 Å². The molecule has 1 heterocycles. The Morgan fingerprint density at radius 2 is 2.22 bits per heavy atom. The molecule has 0 aliphatic rings. The third-order valence-corrected chi connectivity index (χ3v) is 4.13. The first kappa shape index (κ1) is 13.4. The van der Waals surface area contributed by atoms with Crippen LogP contribution in [0.15, 0.2) is 18.2 Å². The minimum Gasteiger partial charge on any atom is -0.311 e. The molecule has 1 unspecified atom stereocenters. The molecule has 0 spiro atoms. The van der Waals surface area contributed by atoms with E-state index in [2.05, 4.69) is 22.4 Å². The van der Waals surface area contributed by atoms with Gasteiger partial charge in [-0.1, -0.05) is 42.0 Å². The molecule has 0 saturated carbocycles. The number of hydrogen-bond donors (Lipinski definition) is 1. The second kappa shape index (κ2) is 5.73. The van der Waals surface area contributed by atoms with Crippen molar-refractivity contribution in [3.8, 4) is 10.6 Å². The number of nitrogens with zero attached hydrogens (tertiary/aromatic N) is 2. The number of halogens is 2. The second-order valence-electron chi connectivity index (χ2n) is 3.80. The van der Waals surface area contributed by atoms with E-state index in [1.165, 1.54) is 17.4 Å². The highest BCUT2D eigenvalue weighted by atomic mass is 35.5. The first-order valence-corrected chi connectivity index (χ1v) is 6.81. The largest absolute Gasteiger partial charge is 0.311 e. The molecule has 1 aromatic heterocycles. The van der Waals surface area contributed by atoms with Gasteiger partial charge in [0.05, 0.1) is 11.1 Å². The van der Waals surface area contributed by atoms with Gasteiger partial charge in [0.1, 0.15) is 15.8 Å². The molecule has 0 saturated heterocycles. The second-order valence-corrected chi connectivity index (χ2v) is 5.18. The van der Waals surface area contributed by atoms with E-state index < -0.39 is 5.82 Å². The summed E-state index contributed by atoms with van der Waals surface area (Å²) in [6, 6.07) is 4.86. The van der Waals surface area contributed by atoms with Crippen LogP contribution in [0.2, 0.25) is 5.02 Å². The zero-order valence-electron chi connectivity index (χ0n) is 10.1. The van der Waals surface area contributed by atoms with Crippen LogP contribution in [0, 0.1) is 5.82 Å². The quantitative estimate of drug-likeness (QED) is 0.931. The van der Waals surface area contributed by atoms with Crippen LogP contribution in [0.1, 0.15) is 24.4 Å². The van der Waals surface area contributed by atoms with E-state index in [4.69, 9.17) is 11.6 Å². The van der Waals surface area contributed by atoms with E-state index >= 15 is 0 Å². The maximum Gasteiger partial charge on any atom is 0.149 e. The Kier molecular flexibility index (Phi) is 4.27. The summed E-state index contributed by atoms with van der Waals surface area (Å²) in [5.41, 5.74) is 0.589. The van der Waals surface area contributed by atoms with Gasteiger partial charge in [0.2, 0.25) is 0 Å². The van der Waals surface area contributed by atoms with Crippen molar-refractivity contribution in [2.45, 2.75) is 19.4 Å². The van der Waals surface area contributed by atoms with Gasteiger partial charge in [-0.05, 0) is 19.5 Å². The van der Waals surface area contributed by atoms with E-state index in [9.17, 15) is 4.39 Å². The molecule has 0 aliphatic carbocycles. The molecule has 0 radical (unpaired) electrons. The lowest BCUT2D eigenvalue weighted by atomic mass is 10.2. The summed E-state index contributed by atoms with van der Waals surface area (Å²) in [4.78, 5) is 0. The molecule has 3 nitrogen and oxygen atoms in total. The van der Waals surface area contributed by atoms with Crippen LogP contribution >= 0.6 is 22.9 Å². The van der Waals surface area contributed by atoms with Gasteiger partial charge in [-0.25, -0.2) is 4.39 Å². The van der Waals surface area contributed by atoms with Gasteiger partial charge in [-0.2, -0.15) is 0 Å². The van der Waals surface area contributed by atoms with E-state index in [0.29, 0.717) is 10.6 Å². The third-order valence-electron chi connectivity index (χ3n) is 2.68. The predicted molar refractivity (Wildman–Crippen MR) is 72.4 cm³/mol. The monoisotopic (exact) mass is 285 g/mol. The van der Waals surface area contributed by atoms with Gasteiger partial charge in [0, 0.05) is 5.56 Å². The Labute approximate surface area is 114 Å². The normalized spacial score (nSPS) is 12.7. The topological polar surface area (TPSA) is 37.8 Å². The molecule has 96 valence electrons. The molecule has 1 atom stereocenters. The number of benzene rings is 1. The fraction of sp³-hybridized carbons (Fsp3) is 0.333. The molecule has 1 aromatic carbocycles. The smallest absolute Gasteiger partial charge is 0.149 e. The van der Waals surface area contributed by atoms with Crippen LogP contribution in [0.4, 0.5) is 4.39 Å². The molecule has 0 aliphatic heterocycles. The van der Waals surface area contributed by atoms with Crippen LogP contribution in [-0.2, 0) is 0 Å². The summed E-state index contributed by atoms with van der Waals surface area (Å²) in [6.45, 7) is 2.07. The van der Waals surface area contributed by atoms with Crippen LogP contribution in [0.3, 0.4) is 0 Å². The molecule has 6 heteroatoms. The van der Waals surface area contributed by atoms with Crippen molar-refractivity contribution in [1.29, 1.82) is 0 Å². The summed E-state index contributed by atoms with van der Waals surface area (Å²) in [6.07, 6.45) is 0.919. The van der Waals surface area contributed by atoms with Crippen LogP contribution < -0.4 is 5.32 Å². The van der Waals surface area contributed by atoms with Crippen molar-refractivity contribution >= 4 is 22.9 Å². The Morgan fingerprint density at radius 1 is 1.44 bits per heavy atom. The molecule has 2 rings (SSSR count). The zero-order chi connectivity index (χ0) is 13.1. The van der Waals surface area contributed by atoms with Crippen molar-refractivity contribution in [3.63, 3.8) is 0 Å². The minimum atomic E-state index is -0.438. The van der Waals surface area contributed by atoms with Crippen molar-refractivity contribution in [1.82, 2.24) is 15.5 Å². The Balaban J connectivity index is 2.38. The molecule has 1 N–H and O–H groups in total. The van der Waals surface area contributed by atoms with Gasteiger partial charge >= 0.3 is 0 Å². The van der Waals surface area contributed by atoms with Gasteiger partial charge < -0.3 is 5.32 Å². The highest BCUT2D eigenvalue weighted by Gasteiger charge is 2.16. The van der Waals surface area contributed by atoms with Gasteiger partial charge in [-0.3, -0.25) is 0 Å². The number of nitrogens with one attached hydrogen (secondary N) is 1. The van der Waals surface area contributed by atoms with Crippen LogP contribution in [0.5, 0.6) is 0 Å². The van der Waals surface area contributed by atoms with Crippen molar-refractivity contribution in [2.75, 3.05) is 7.05 Å². The summed E-state index contributed by atoms with van der Waals surface area (Å²) in [5, 5.41) is 13.0. The third kappa shape index (κ3) is 2.53. The maximum atomic E-state index is 13.4. The summed E-state index contributed by atoms with van der Waals surface area (Å²) in [5.74, 6) is -0.438. The van der Waals surface area contributed by atoms with Gasteiger partial charge in [-0.15, -0.1) is 10.2 Å². The summed E-state index contributed by atoms with van der Waals surface area (Å²) < 4.78 is 13.4. The fourth-order valence-electron chi connectivity index (χ4n) is 1.66. The maximum absolute atomic E-state index is 13.4. The molecular formula is C12H13ClFN3S. The SMILES string of the molecule is CCC(NC)c1nnc(-c2cccc(F)c2Cl)s1.